The molecular formula is C16H12Cl2F3NO2S. The lowest BCUT2D eigenvalue weighted by Crippen LogP contribution is -2.14. The maximum Gasteiger partial charge on any atom is 0.417 e. The Balaban J connectivity index is 2.05. The SMILES string of the molecule is COc1ccc(Cl)cc1NC(=O)CSc1ccc(Cl)c(C(F)(F)F)c1. The average Bonchev–Trinajstić information content (AvgIpc) is 2.53. The minimum atomic E-state index is -4.55. The van der Waals surface area contributed by atoms with Crippen LogP contribution in [-0.4, -0.2) is 18.8 Å². The number of anilines is 1. The lowest BCUT2D eigenvalue weighted by atomic mass is 10.2. The fraction of sp³-hybridized carbons (Fsp3) is 0.188. The van der Waals surface area contributed by atoms with Crippen LogP contribution in [-0.2, 0) is 11.0 Å². The van der Waals surface area contributed by atoms with Crippen molar-refractivity contribution in [2.24, 2.45) is 0 Å². The molecule has 0 aliphatic heterocycles. The van der Waals surface area contributed by atoms with Crippen molar-refractivity contribution in [1.29, 1.82) is 0 Å². The smallest absolute Gasteiger partial charge is 0.417 e. The number of amides is 1. The van der Waals surface area contributed by atoms with Crippen molar-refractivity contribution in [3.05, 3.63) is 52.0 Å². The van der Waals surface area contributed by atoms with Gasteiger partial charge in [-0.15, -0.1) is 11.8 Å². The number of thioether (sulfide) groups is 1. The molecule has 1 N–H and O–H groups in total. The molecule has 0 spiro atoms. The van der Waals surface area contributed by atoms with E-state index in [0.29, 0.717) is 16.5 Å². The quantitative estimate of drug-likeness (QED) is 0.638. The van der Waals surface area contributed by atoms with Crippen LogP contribution in [0.3, 0.4) is 0 Å². The zero-order chi connectivity index (χ0) is 18.6. The molecule has 0 saturated carbocycles. The highest BCUT2D eigenvalue weighted by Gasteiger charge is 2.33. The number of halogens is 5. The van der Waals surface area contributed by atoms with Gasteiger partial charge in [-0.2, -0.15) is 13.2 Å². The summed E-state index contributed by atoms with van der Waals surface area (Å²) in [5.41, 5.74) is -0.552. The van der Waals surface area contributed by atoms with Crippen molar-refractivity contribution < 1.29 is 22.7 Å². The highest BCUT2D eigenvalue weighted by Crippen LogP contribution is 2.37. The van der Waals surface area contributed by atoms with Gasteiger partial charge in [0.2, 0.25) is 5.91 Å². The van der Waals surface area contributed by atoms with Gasteiger partial charge in [-0.1, -0.05) is 23.2 Å². The summed E-state index contributed by atoms with van der Waals surface area (Å²) in [5, 5.41) is 2.64. The molecule has 2 aromatic rings. The van der Waals surface area contributed by atoms with Crippen LogP contribution in [0.15, 0.2) is 41.3 Å². The number of carbonyl (C=O) groups excluding carboxylic acids is 1. The number of methoxy groups -OCH3 is 1. The van der Waals surface area contributed by atoms with E-state index in [0.717, 1.165) is 23.9 Å². The third-order valence-corrected chi connectivity index (χ3v) is 4.61. The molecule has 0 unspecified atom stereocenters. The van der Waals surface area contributed by atoms with E-state index >= 15 is 0 Å². The number of hydrogen-bond donors (Lipinski definition) is 1. The zero-order valence-corrected chi connectivity index (χ0v) is 15.1. The first-order chi connectivity index (χ1) is 11.7. The van der Waals surface area contributed by atoms with Crippen molar-refractivity contribution in [2.45, 2.75) is 11.1 Å². The van der Waals surface area contributed by atoms with Crippen molar-refractivity contribution in [2.75, 3.05) is 18.2 Å². The van der Waals surface area contributed by atoms with Gasteiger partial charge in [-0.3, -0.25) is 4.79 Å². The van der Waals surface area contributed by atoms with Crippen molar-refractivity contribution >= 4 is 46.6 Å². The van der Waals surface area contributed by atoms with Gasteiger partial charge in [0.05, 0.1) is 29.1 Å². The molecule has 0 saturated heterocycles. The Kier molecular flexibility index (Phi) is 6.48. The molecule has 9 heteroatoms. The summed E-state index contributed by atoms with van der Waals surface area (Å²) in [6.07, 6.45) is -4.55. The van der Waals surface area contributed by atoms with Crippen molar-refractivity contribution in [1.82, 2.24) is 0 Å². The van der Waals surface area contributed by atoms with Crippen LogP contribution in [0, 0.1) is 0 Å². The Bertz CT molecular complexity index is 784. The van der Waals surface area contributed by atoms with E-state index in [1.165, 1.54) is 19.2 Å². The topological polar surface area (TPSA) is 38.3 Å². The van der Waals surface area contributed by atoms with Gasteiger partial charge in [-0.25, -0.2) is 0 Å². The van der Waals surface area contributed by atoms with Gasteiger partial charge in [0.15, 0.2) is 0 Å². The first kappa shape index (κ1) is 19.8. The first-order valence-electron chi connectivity index (χ1n) is 6.83. The van der Waals surface area contributed by atoms with E-state index in [1.807, 2.05) is 0 Å². The molecule has 134 valence electrons. The largest absolute Gasteiger partial charge is 0.495 e. The molecule has 0 bridgehead atoms. The normalized spacial score (nSPS) is 11.3. The van der Waals surface area contributed by atoms with Crippen LogP contribution in [0.1, 0.15) is 5.56 Å². The second-order valence-electron chi connectivity index (χ2n) is 4.82. The Morgan fingerprint density at radius 2 is 1.92 bits per heavy atom. The zero-order valence-electron chi connectivity index (χ0n) is 12.8. The molecule has 1 amide bonds. The summed E-state index contributed by atoms with van der Waals surface area (Å²) < 4.78 is 43.6. The molecule has 25 heavy (non-hydrogen) atoms. The maximum atomic E-state index is 12.8. The summed E-state index contributed by atoms with van der Waals surface area (Å²) >= 11 is 12.4. The lowest BCUT2D eigenvalue weighted by Gasteiger charge is -2.12. The van der Waals surface area contributed by atoms with Crippen LogP contribution >= 0.6 is 35.0 Å². The Hall–Kier alpha value is -1.57. The second-order valence-corrected chi connectivity index (χ2v) is 6.71. The summed E-state index contributed by atoms with van der Waals surface area (Å²) in [6, 6.07) is 8.23. The third kappa shape index (κ3) is 5.45. The predicted molar refractivity (Wildman–Crippen MR) is 93.8 cm³/mol. The average molecular weight is 410 g/mol. The van der Waals surface area contributed by atoms with Gasteiger partial charge in [-0.05, 0) is 36.4 Å². The Labute approximate surface area is 156 Å². The minimum Gasteiger partial charge on any atom is -0.495 e. The van der Waals surface area contributed by atoms with Gasteiger partial charge >= 0.3 is 6.18 Å². The van der Waals surface area contributed by atoms with E-state index in [9.17, 15) is 18.0 Å². The molecule has 3 nitrogen and oxygen atoms in total. The molecule has 0 radical (unpaired) electrons. The maximum absolute atomic E-state index is 12.8. The number of benzene rings is 2. The van der Waals surface area contributed by atoms with E-state index in [4.69, 9.17) is 27.9 Å². The first-order valence-corrected chi connectivity index (χ1v) is 8.58. The fourth-order valence-electron chi connectivity index (χ4n) is 1.92. The van der Waals surface area contributed by atoms with Gasteiger partial charge in [0.1, 0.15) is 5.75 Å². The highest BCUT2D eigenvalue weighted by molar-refractivity contribution is 8.00. The third-order valence-electron chi connectivity index (χ3n) is 3.05. The standard InChI is InChI=1S/C16H12Cl2F3NO2S/c1-24-14-5-2-9(17)6-13(14)22-15(23)8-25-10-3-4-12(18)11(7-10)16(19,20)21/h2-7H,8H2,1H3,(H,22,23). The molecule has 0 aliphatic rings. The summed E-state index contributed by atoms with van der Waals surface area (Å²) in [5.74, 6) is -0.0723. The van der Waals surface area contributed by atoms with Crippen LogP contribution in [0.25, 0.3) is 0 Å². The van der Waals surface area contributed by atoms with E-state index < -0.39 is 17.6 Å². The summed E-state index contributed by atoms with van der Waals surface area (Å²) in [6.45, 7) is 0. The van der Waals surface area contributed by atoms with Crippen molar-refractivity contribution in [3.63, 3.8) is 0 Å². The Morgan fingerprint density at radius 3 is 2.56 bits per heavy atom. The number of rotatable bonds is 5. The number of nitrogens with one attached hydrogen (secondary N) is 1. The lowest BCUT2D eigenvalue weighted by molar-refractivity contribution is -0.137. The molecule has 2 rings (SSSR count). The van der Waals surface area contributed by atoms with Crippen LogP contribution < -0.4 is 10.1 Å². The number of carbonyl (C=O) groups is 1. The molecular weight excluding hydrogens is 398 g/mol. The van der Waals surface area contributed by atoms with E-state index in [1.54, 1.807) is 12.1 Å². The fourth-order valence-corrected chi connectivity index (χ4v) is 3.06. The number of alkyl halides is 3. The predicted octanol–water partition coefficient (Wildman–Crippen LogP) is 5.75. The number of hydrogen-bond acceptors (Lipinski definition) is 3. The van der Waals surface area contributed by atoms with Gasteiger partial charge in [0.25, 0.3) is 0 Å². The van der Waals surface area contributed by atoms with Crippen molar-refractivity contribution in [3.8, 4) is 5.75 Å². The summed E-state index contributed by atoms with van der Waals surface area (Å²) in [4.78, 5) is 12.3. The minimum absolute atomic E-state index is 0.0887. The van der Waals surface area contributed by atoms with E-state index in [2.05, 4.69) is 5.32 Å². The molecule has 2 aromatic carbocycles. The van der Waals surface area contributed by atoms with Gasteiger partial charge < -0.3 is 10.1 Å². The Morgan fingerprint density at radius 1 is 1.20 bits per heavy atom. The van der Waals surface area contributed by atoms with E-state index in [-0.39, 0.29) is 15.7 Å². The highest BCUT2D eigenvalue weighted by atomic mass is 35.5. The molecule has 0 atom stereocenters. The monoisotopic (exact) mass is 409 g/mol. The van der Waals surface area contributed by atoms with Crippen LogP contribution in [0.4, 0.5) is 18.9 Å². The molecule has 0 aromatic heterocycles. The molecule has 0 heterocycles. The second kappa shape index (κ2) is 8.21. The van der Waals surface area contributed by atoms with Gasteiger partial charge in [0, 0.05) is 9.92 Å². The molecule has 0 fully saturated rings. The number of ether oxygens (including phenoxy) is 1. The molecule has 0 aliphatic carbocycles. The van der Waals surface area contributed by atoms with Crippen LogP contribution in [0.2, 0.25) is 10.0 Å². The van der Waals surface area contributed by atoms with Crippen LogP contribution in [0.5, 0.6) is 5.75 Å². The summed E-state index contributed by atoms with van der Waals surface area (Å²) in [7, 11) is 1.44.